The number of anilines is 1. The molecule has 0 fully saturated rings. The number of hydrogen-bond acceptors (Lipinski definition) is 9. The number of aromatic nitrogens is 4. The Labute approximate surface area is 202 Å². The predicted octanol–water partition coefficient (Wildman–Crippen LogP) is 2.78. The molecule has 3 atom stereocenters. The molecular formula is C22H28N7O5P. The number of nitrogens with two attached hydrogens (primary N) is 1. The Balaban J connectivity index is 1.47. The zero-order chi connectivity index (χ0) is 25.0. The van der Waals surface area contributed by atoms with E-state index < -0.39 is 25.6 Å². The van der Waals surface area contributed by atoms with Gasteiger partial charge in [0.2, 0.25) is 0 Å². The lowest BCUT2D eigenvalue weighted by molar-refractivity contribution is -0.138. The van der Waals surface area contributed by atoms with Gasteiger partial charge in [-0.25, -0.2) is 20.0 Å². The van der Waals surface area contributed by atoms with E-state index in [2.05, 4.69) is 25.2 Å². The van der Waals surface area contributed by atoms with E-state index in [1.807, 2.05) is 24.3 Å². The zero-order valence-corrected chi connectivity index (χ0v) is 20.4. The molecule has 4 N–H and O–H groups in total. The number of benzene rings is 1. The molecule has 4 rings (SSSR count). The number of carbonyl (C=O) groups is 1. The van der Waals surface area contributed by atoms with E-state index >= 15 is 0 Å². The van der Waals surface area contributed by atoms with Crippen LogP contribution >= 0.6 is 7.52 Å². The molecule has 2 heterocycles. The molecule has 0 radical (unpaired) electrons. The van der Waals surface area contributed by atoms with Gasteiger partial charge < -0.3 is 24.8 Å². The third-order valence-electron chi connectivity index (χ3n) is 5.64. The second-order valence-electron chi connectivity index (χ2n) is 8.43. The zero-order valence-electron chi connectivity index (χ0n) is 19.5. The highest BCUT2D eigenvalue weighted by molar-refractivity contribution is 7.56. The maximum atomic E-state index is 13.6. The maximum Gasteiger partial charge on any atom is 0.364 e. The first-order chi connectivity index (χ1) is 16.8. The van der Waals surface area contributed by atoms with E-state index in [0.29, 0.717) is 29.8 Å². The van der Waals surface area contributed by atoms with Gasteiger partial charge >= 0.3 is 13.5 Å². The van der Waals surface area contributed by atoms with Gasteiger partial charge in [-0.1, -0.05) is 29.4 Å². The smallest absolute Gasteiger partial charge is 0.364 e. The minimum Gasteiger partial charge on any atom is -0.480 e. The summed E-state index contributed by atoms with van der Waals surface area (Å²) in [6, 6.07) is 6.71. The predicted molar refractivity (Wildman–Crippen MR) is 130 cm³/mol. The quantitative estimate of drug-likeness (QED) is 0.278. The third-order valence-corrected chi connectivity index (χ3v) is 7.26. The summed E-state index contributed by atoms with van der Waals surface area (Å²) in [5.41, 5.74) is 9.62. The fraction of sp³-hybridized carbons (Fsp3) is 0.409. The molecule has 2 aromatic heterocycles. The summed E-state index contributed by atoms with van der Waals surface area (Å²) in [4.78, 5) is 23.7. The second kappa shape index (κ2) is 10.5. The van der Waals surface area contributed by atoms with Crippen molar-refractivity contribution < 1.29 is 23.8 Å². The highest BCUT2D eigenvalue weighted by Crippen LogP contribution is 2.44. The van der Waals surface area contributed by atoms with Gasteiger partial charge in [0.15, 0.2) is 11.5 Å². The number of rotatable bonds is 10. The fourth-order valence-electron chi connectivity index (χ4n) is 3.83. The summed E-state index contributed by atoms with van der Waals surface area (Å²) < 4.78 is 26.6. The first-order valence-electron chi connectivity index (χ1n) is 11.2. The van der Waals surface area contributed by atoms with Crippen LogP contribution < -0.4 is 10.8 Å². The molecule has 1 aromatic carbocycles. The Morgan fingerprint density at radius 2 is 2.09 bits per heavy atom. The Morgan fingerprint density at radius 1 is 1.29 bits per heavy atom. The van der Waals surface area contributed by atoms with E-state index in [-0.39, 0.29) is 12.2 Å². The van der Waals surface area contributed by atoms with Crippen molar-refractivity contribution in [1.29, 1.82) is 0 Å². The number of aryl methyl sites for hydroxylation is 1. The summed E-state index contributed by atoms with van der Waals surface area (Å²) in [6.07, 6.45) is 4.59. The van der Waals surface area contributed by atoms with Crippen molar-refractivity contribution >= 4 is 36.2 Å². The van der Waals surface area contributed by atoms with Crippen molar-refractivity contribution in [2.75, 3.05) is 12.1 Å². The van der Waals surface area contributed by atoms with Crippen LogP contribution in [0.15, 0.2) is 42.1 Å². The Hall–Kier alpha value is -3.34. The molecule has 0 saturated heterocycles. The van der Waals surface area contributed by atoms with E-state index in [9.17, 15) is 14.5 Å². The van der Waals surface area contributed by atoms with Gasteiger partial charge in [-0.05, 0) is 38.7 Å². The molecule has 1 unspecified atom stereocenters. The average molecular weight is 501 g/mol. The van der Waals surface area contributed by atoms with Crippen LogP contribution in [0.4, 0.5) is 5.82 Å². The number of imidazole rings is 1. The van der Waals surface area contributed by atoms with Crippen LogP contribution in [0.3, 0.4) is 0 Å². The highest BCUT2D eigenvalue weighted by atomic mass is 31.2. The van der Waals surface area contributed by atoms with Crippen molar-refractivity contribution in [2.45, 2.75) is 51.8 Å². The molecule has 1 aliphatic rings. The Kier molecular flexibility index (Phi) is 7.44. The first kappa shape index (κ1) is 24.8. The SMILES string of the molecule is C[C@H](NP(=O)(CO[C@@H](C)Cn1cnc2c(N)ncnc21)O/N=C1\CCCc2ccccc21)C(=O)O. The topological polar surface area (TPSA) is 167 Å². The summed E-state index contributed by atoms with van der Waals surface area (Å²) in [6.45, 7) is 3.50. The lowest BCUT2D eigenvalue weighted by Gasteiger charge is -2.23. The molecule has 186 valence electrons. The monoisotopic (exact) mass is 501 g/mol. The maximum absolute atomic E-state index is 13.6. The van der Waals surface area contributed by atoms with Crippen molar-refractivity contribution in [3.05, 3.63) is 48.0 Å². The number of nitrogens with one attached hydrogen (secondary N) is 1. The fourth-order valence-corrected chi connectivity index (χ4v) is 5.38. The van der Waals surface area contributed by atoms with Crippen LogP contribution in [0.25, 0.3) is 11.2 Å². The number of ether oxygens (including phenoxy) is 1. The minimum absolute atomic E-state index is 0.274. The van der Waals surface area contributed by atoms with E-state index in [1.54, 1.807) is 17.8 Å². The average Bonchev–Trinajstić information content (AvgIpc) is 3.25. The number of carboxylic acid groups (broad SMARTS) is 1. The normalized spacial score (nSPS) is 18.1. The number of nitrogens with zero attached hydrogens (tertiary/aromatic N) is 5. The van der Waals surface area contributed by atoms with Crippen LogP contribution in [0.2, 0.25) is 0 Å². The number of nitrogen functional groups attached to an aromatic ring is 1. The highest BCUT2D eigenvalue weighted by Gasteiger charge is 2.31. The standard InChI is InChI=1S/C22H28N7O5P/c1-14(10-29-12-26-19-20(23)24-11-25-21(19)29)33-13-35(32,28-15(2)22(30)31)34-27-18-9-5-7-16-6-3-4-8-17(16)18/h3-4,6,8,11-12,14-15H,5,7,9-10,13H2,1-2H3,(H,28,32)(H,30,31)(H2,23,24,25)/b27-18+/t14-,15-,35?/m0/s1. The molecule has 0 spiro atoms. The molecule has 0 bridgehead atoms. The van der Waals surface area contributed by atoms with Crippen molar-refractivity contribution in [1.82, 2.24) is 24.6 Å². The van der Waals surface area contributed by atoms with Gasteiger partial charge in [-0.15, -0.1) is 0 Å². The van der Waals surface area contributed by atoms with Gasteiger partial charge in [-0.3, -0.25) is 9.36 Å². The third kappa shape index (κ3) is 5.84. The molecule has 35 heavy (non-hydrogen) atoms. The molecule has 0 saturated carbocycles. The summed E-state index contributed by atoms with van der Waals surface area (Å²) >= 11 is 0. The number of hydrogen-bond donors (Lipinski definition) is 3. The molecule has 3 aromatic rings. The van der Waals surface area contributed by atoms with Gasteiger partial charge in [0.25, 0.3) is 0 Å². The minimum atomic E-state index is -3.82. The van der Waals surface area contributed by atoms with Crippen molar-refractivity contribution in [3.8, 4) is 0 Å². The van der Waals surface area contributed by atoms with Gasteiger partial charge in [0.1, 0.15) is 24.2 Å². The molecule has 13 heteroatoms. The first-order valence-corrected chi connectivity index (χ1v) is 13.0. The number of aliphatic carboxylic acids is 1. The molecule has 1 aliphatic carbocycles. The van der Waals surface area contributed by atoms with Crippen LogP contribution in [-0.2, 0) is 31.7 Å². The molecule has 12 nitrogen and oxygen atoms in total. The largest absolute Gasteiger partial charge is 0.480 e. The van der Waals surface area contributed by atoms with E-state index in [1.165, 1.54) is 13.3 Å². The van der Waals surface area contributed by atoms with Crippen LogP contribution in [0, 0.1) is 0 Å². The lowest BCUT2D eigenvalue weighted by Crippen LogP contribution is -2.33. The number of oxime groups is 1. The number of carboxylic acids is 1. The van der Waals surface area contributed by atoms with Crippen molar-refractivity contribution in [2.24, 2.45) is 5.16 Å². The van der Waals surface area contributed by atoms with Crippen LogP contribution in [0.5, 0.6) is 0 Å². The lowest BCUT2D eigenvalue weighted by atomic mass is 9.90. The second-order valence-corrected chi connectivity index (χ2v) is 10.5. The van der Waals surface area contributed by atoms with Gasteiger partial charge in [0, 0.05) is 5.56 Å². The molecule has 0 amide bonds. The Bertz CT molecular complexity index is 1290. The van der Waals surface area contributed by atoms with Gasteiger partial charge in [0.05, 0.1) is 24.7 Å². The van der Waals surface area contributed by atoms with E-state index in [4.69, 9.17) is 15.1 Å². The van der Waals surface area contributed by atoms with Crippen LogP contribution in [0.1, 0.15) is 37.8 Å². The number of fused-ring (bicyclic) bond motifs is 2. The van der Waals surface area contributed by atoms with Crippen LogP contribution in [-0.4, -0.2) is 54.8 Å². The van der Waals surface area contributed by atoms with Crippen molar-refractivity contribution in [3.63, 3.8) is 0 Å². The summed E-state index contributed by atoms with van der Waals surface area (Å²) in [7, 11) is -3.82. The Morgan fingerprint density at radius 3 is 2.89 bits per heavy atom. The molecule has 0 aliphatic heterocycles. The summed E-state index contributed by atoms with van der Waals surface area (Å²) in [5, 5.41) is 16.1. The molecular weight excluding hydrogens is 473 g/mol. The van der Waals surface area contributed by atoms with Gasteiger partial charge in [-0.2, -0.15) is 0 Å². The summed E-state index contributed by atoms with van der Waals surface area (Å²) in [5.74, 6) is -0.893. The van der Waals surface area contributed by atoms with E-state index in [0.717, 1.165) is 24.0 Å².